The summed E-state index contributed by atoms with van der Waals surface area (Å²) in [6.07, 6.45) is 2.43. The van der Waals surface area contributed by atoms with Crippen molar-refractivity contribution in [3.05, 3.63) is 51.6 Å². The molecule has 0 aliphatic rings. The minimum atomic E-state index is -1.28. The maximum Gasteiger partial charge on any atom is 0.355 e. The molecule has 1 heterocycles. The number of halogens is 1. The number of carbonyl (C=O) groups excluding carboxylic acids is 2. The first-order valence-electron chi connectivity index (χ1n) is 7.06. The Hall–Kier alpha value is -2.97. The van der Waals surface area contributed by atoms with Gasteiger partial charge in [-0.15, -0.1) is 6.58 Å². The number of esters is 2. The second kappa shape index (κ2) is 8.61. The third-order valence-electron chi connectivity index (χ3n) is 2.73. The summed E-state index contributed by atoms with van der Waals surface area (Å²) >= 11 is 0. The number of hydrogen-bond acceptors (Lipinski definition) is 6. The first-order chi connectivity index (χ1) is 11.4. The number of hydrogen-bond donors (Lipinski definition) is 0. The first kappa shape index (κ1) is 19.1. The molecule has 0 N–H and O–H groups in total. The van der Waals surface area contributed by atoms with E-state index in [1.165, 1.54) is 13.0 Å². The maximum atomic E-state index is 13.8. The van der Waals surface area contributed by atoms with Crippen molar-refractivity contribution < 1.29 is 23.5 Å². The molecule has 0 atom stereocenters. The summed E-state index contributed by atoms with van der Waals surface area (Å²) in [6.45, 7) is 6.15. The van der Waals surface area contributed by atoms with E-state index in [4.69, 9.17) is 4.74 Å². The predicted molar refractivity (Wildman–Crippen MR) is 82.7 cm³/mol. The average Bonchev–Trinajstić information content (AvgIpc) is 2.53. The fourth-order valence-corrected chi connectivity index (χ4v) is 1.76. The summed E-state index contributed by atoms with van der Waals surface area (Å²) in [6, 6.07) is 0. The zero-order valence-corrected chi connectivity index (χ0v) is 13.3. The minimum Gasteiger partial charge on any atom is -0.463 e. The summed E-state index contributed by atoms with van der Waals surface area (Å²) in [4.78, 5) is 47.6. The lowest BCUT2D eigenvalue weighted by molar-refractivity contribution is -0.139. The molecular formula is C15H17FN2O6. The average molecular weight is 340 g/mol. The third-order valence-corrected chi connectivity index (χ3v) is 2.73. The van der Waals surface area contributed by atoms with E-state index < -0.39 is 34.7 Å². The predicted octanol–water partition coefficient (Wildman–Crippen LogP) is 0.302. The smallest absolute Gasteiger partial charge is 0.355 e. The maximum absolute atomic E-state index is 13.8. The lowest BCUT2D eigenvalue weighted by Crippen LogP contribution is -2.41. The molecule has 1 aromatic heterocycles. The summed E-state index contributed by atoms with van der Waals surface area (Å²) in [5.41, 5.74) is -2.77. The highest BCUT2D eigenvalue weighted by Crippen LogP contribution is 2.06. The van der Waals surface area contributed by atoms with E-state index in [2.05, 4.69) is 11.3 Å². The van der Waals surface area contributed by atoms with Gasteiger partial charge in [0.15, 0.2) is 0 Å². The normalized spacial score (nSPS) is 11.0. The Bertz CT molecular complexity index is 790. The molecule has 24 heavy (non-hydrogen) atoms. The second-order valence-electron chi connectivity index (χ2n) is 4.34. The standard InChI is InChI=1S/C15H17FN2O6/c1-4-7-17-13(20)10(16)9-18(15(17)22)11(14(21)24-6-3)8-12(19)23-5-2/h4,8-9H,1,5-7H2,2-3H3/b11-8-. The van der Waals surface area contributed by atoms with Crippen molar-refractivity contribution in [3.63, 3.8) is 0 Å². The van der Waals surface area contributed by atoms with E-state index in [9.17, 15) is 23.6 Å². The minimum absolute atomic E-state index is 0.0324. The number of ether oxygens (including phenoxy) is 2. The fourth-order valence-electron chi connectivity index (χ4n) is 1.76. The van der Waals surface area contributed by atoms with Crippen LogP contribution in [-0.2, 0) is 25.6 Å². The molecule has 0 bridgehead atoms. The molecule has 0 aliphatic carbocycles. The molecule has 0 aromatic carbocycles. The van der Waals surface area contributed by atoms with E-state index in [0.29, 0.717) is 21.4 Å². The largest absolute Gasteiger partial charge is 0.463 e. The van der Waals surface area contributed by atoms with Crippen molar-refractivity contribution in [2.24, 2.45) is 0 Å². The van der Waals surface area contributed by atoms with Gasteiger partial charge in [-0.25, -0.2) is 14.4 Å². The fraction of sp³-hybridized carbons (Fsp3) is 0.333. The molecule has 0 amide bonds. The van der Waals surface area contributed by atoms with Gasteiger partial charge in [-0.1, -0.05) is 6.08 Å². The summed E-state index contributed by atoms with van der Waals surface area (Å²) < 4.78 is 24.3. The van der Waals surface area contributed by atoms with Gasteiger partial charge >= 0.3 is 17.6 Å². The van der Waals surface area contributed by atoms with Gasteiger partial charge in [0.05, 0.1) is 25.5 Å². The number of allylic oxidation sites excluding steroid dienone is 1. The van der Waals surface area contributed by atoms with Gasteiger partial charge in [0.1, 0.15) is 5.70 Å². The Morgan fingerprint density at radius 3 is 2.42 bits per heavy atom. The zero-order valence-electron chi connectivity index (χ0n) is 13.3. The van der Waals surface area contributed by atoms with Crippen LogP contribution in [0.1, 0.15) is 13.8 Å². The van der Waals surface area contributed by atoms with Crippen LogP contribution >= 0.6 is 0 Å². The van der Waals surface area contributed by atoms with E-state index in [1.807, 2.05) is 0 Å². The van der Waals surface area contributed by atoms with Crippen molar-refractivity contribution in [3.8, 4) is 0 Å². The van der Waals surface area contributed by atoms with Gasteiger partial charge in [0.25, 0.3) is 5.56 Å². The van der Waals surface area contributed by atoms with Gasteiger partial charge in [0.2, 0.25) is 5.82 Å². The summed E-state index contributed by atoms with van der Waals surface area (Å²) in [5.74, 6) is -3.25. The Morgan fingerprint density at radius 1 is 1.25 bits per heavy atom. The van der Waals surface area contributed by atoms with Crippen molar-refractivity contribution in [1.82, 2.24) is 9.13 Å². The van der Waals surface area contributed by atoms with Crippen LogP contribution in [0.5, 0.6) is 0 Å². The van der Waals surface area contributed by atoms with Crippen LogP contribution in [0.15, 0.2) is 34.5 Å². The first-order valence-corrected chi connectivity index (χ1v) is 7.06. The van der Waals surface area contributed by atoms with Crippen molar-refractivity contribution >= 4 is 17.6 Å². The van der Waals surface area contributed by atoms with E-state index in [0.717, 1.165) is 0 Å². The van der Waals surface area contributed by atoms with Crippen molar-refractivity contribution in [2.45, 2.75) is 20.4 Å². The number of rotatable bonds is 7. The lowest BCUT2D eigenvalue weighted by atomic mass is 10.3. The van der Waals surface area contributed by atoms with Crippen LogP contribution in [0.3, 0.4) is 0 Å². The Kier molecular flexibility index (Phi) is 6.84. The number of nitrogens with zero attached hydrogens (tertiary/aromatic N) is 2. The van der Waals surface area contributed by atoms with Crippen molar-refractivity contribution in [2.75, 3.05) is 13.2 Å². The molecule has 1 rings (SSSR count). The van der Waals surface area contributed by atoms with Gasteiger partial charge in [0, 0.05) is 6.54 Å². The topological polar surface area (TPSA) is 96.6 Å². The lowest BCUT2D eigenvalue weighted by Gasteiger charge is -2.12. The SMILES string of the molecule is C=CCn1c(=O)c(F)cn(/C(=C\C(=O)OCC)C(=O)OCC)c1=O. The summed E-state index contributed by atoms with van der Waals surface area (Å²) in [7, 11) is 0. The molecule has 8 nitrogen and oxygen atoms in total. The van der Waals surface area contributed by atoms with Crippen LogP contribution < -0.4 is 11.2 Å². The highest BCUT2D eigenvalue weighted by atomic mass is 19.1. The molecule has 0 spiro atoms. The second-order valence-corrected chi connectivity index (χ2v) is 4.34. The molecule has 0 saturated heterocycles. The quantitative estimate of drug-likeness (QED) is 0.402. The van der Waals surface area contributed by atoms with Crippen LogP contribution in [0.2, 0.25) is 0 Å². The van der Waals surface area contributed by atoms with Crippen LogP contribution in [0.25, 0.3) is 5.70 Å². The van der Waals surface area contributed by atoms with Crippen LogP contribution in [0, 0.1) is 5.82 Å². The molecule has 0 saturated carbocycles. The van der Waals surface area contributed by atoms with E-state index in [1.54, 1.807) is 6.92 Å². The van der Waals surface area contributed by atoms with E-state index >= 15 is 0 Å². The van der Waals surface area contributed by atoms with Gasteiger partial charge in [-0.2, -0.15) is 4.39 Å². The zero-order chi connectivity index (χ0) is 18.3. The Morgan fingerprint density at radius 2 is 1.88 bits per heavy atom. The molecule has 0 fully saturated rings. The van der Waals surface area contributed by atoms with Gasteiger partial charge in [-0.05, 0) is 13.8 Å². The van der Waals surface area contributed by atoms with Crippen LogP contribution in [0.4, 0.5) is 4.39 Å². The molecule has 0 aliphatic heterocycles. The van der Waals surface area contributed by atoms with E-state index in [-0.39, 0.29) is 19.8 Å². The monoisotopic (exact) mass is 340 g/mol. The molecule has 130 valence electrons. The highest BCUT2D eigenvalue weighted by Gasteiger charge is 2.20. The number of aromatic nitrogens is 2. The number of carbonyl (C=O) groups is 2. The Balaban J connectivity index is 3.62. The third kappa shape index (κ3) is 4.28. The van der Waals surface area contributed by atoms with Crippen LogP contribution in [-0.4, -0.2) is 34.3 Å². The highest BCUT2D eigenvalue weighted by molar-refractivity contribution is 6.14. The molecule has 1 aromatic rings. The summed E-state index contributed by atoms with van der Waals surface area (Å²) in [5, 5.41) is 0. The molecular weight excluding hydrogens is 323 g/mol. The Labute approximate surface area is 136 Å². The van der Waals surface area contributed by atoms with Crippen molar-refractivity contribution in [1.29, 1.82) is 0 Å². The molecule has 9 heteroatoms. The molecule has 0 unspecified atom stereocenters. The molecule has 0 radical (unpaired) electrons. The van der Waals surface area contributed by atoms with Gasteiger partial charge < -0.3 is 9.47 Å². The van der Waals surface area contributed by atoms with Gasteiger partial charge in [-0.3, -0.25) is 13.9 Å².